The number of fused-ring (bicyclic) bond motifs is 1. The smallest absolute Gasteiger partial charge is 0.124 e. The van der Waals surface area contributed by atoms with Crippen molar-refractivity contribution in [1.82, 2.24) is 4.98 Å². The molecule has 0 radical (unpaired) electrons. The van der Waals surface area contributed by atoms with Crippen LogP contribution in [0, 0.1) is 0 Å². The Kier molecular flexibility index (Phi) is 5.96. The fourth-order valence-corrected chi connectivity index (χ4v) is 3.28. The van der Waals surface area contributed by atoms with Crippen LogP contribution < -0.4 is 5.73 Å². The van der Waals surface area contributed by atoms with Gasteiger partial charge in [-0.15, -0.1) is 11.3 Å². The van der Waals surface area contributed by atoms with Crippen LogP contribution in [0.5, 0.6) is 0 Å². The van der Waals surface area contributed by atoms with Gasteiger partial charge in [-0.1, -0.05) is 39.3 Å². The average Bonchev–Trinajstić information content (AvgIpc) is 3.00. The van der Waals surface area contributed by atoms with Gasteiger partial charge in [-0.25, -0.2) is 4.98 Å². The van der Waals surface area contributed by atoms with Crippen molar-refractivity contribution in [1.29, 1.82) is 0 Å². The molecule has 0 amide bonds. The number of benzene rings is 2. The highest BCUT2D eigenvalue weighted by Gasteiger charge is 2.08. The third-order valence-corrected chi connectivity index (χ3v) is 4.57. The predicted octanol–water partition coefficient (Wildman–Crippen LogP) is 5.91. The number of nitrogens with two attached hydrogens (primary N) is 1. The van der Waals surface area contributed by atoms with Crippen molar-refractivity contribution < 1.29 is 0 Å². The molecule has 0 fully saturated rings. The second-order valence-electron chi connectivity index (χ2n) is 5.00. The van der Waals surface area contributed by atoms with E-state index in [1.54, 1.807) is 11.3 Å². The average molecular weight is 312 g/mol. The quantitative estimate of drug-likeness (QED) is 0.608. The molecule has 3 heteroatoms. The minimum atomic E-state index is 0.892. The summed E-state index contributed by atoms with van der Waals surface area (Å²) >= 11 is 1.74. The number of hydrogen-bond donors (Lipinski definition) is 1. The molecule has 2 N–H and O–H groups in total. The minimum Gasteiger partial charge on any atom is -0.399 e. The van der Waals surface area contributed by atoms with Crippen molar-refractivity contribution in [3.63, 3.8) is 0 Å². The number of nitrogen functional groups attached to an aromatic ring is 1. The first-order valence-electron chi connectivity index (χ1n) is 8.02. The lowest BCUT2D eigenvalue weighted by Crippen LogP contribution is -1.95. The van der Waals surface area contributed by atoms with Crippen molar-refractivity contribution in [2.75, 3.05) is 5.73 Å². The monoisotopic (exact) mass is 312 g/mol. The van der Waals surface area contributed by atoms with E-state index in [1.807, 2.05) is 26.0 Å². The summed E-state index contributed by atoms with van der Waals surface area (Å²) in [5, 5.41) is 1.07. The van der Waals surface area contributed by atoms with Gasteiger partial charge in [0.2, 0.25) is 0 Å². The molecule has 0 spiro atoms. The van der Waals surface area contributed by atoms with E-state index in [9.17, 15) is 0 Å². The number of unbranched alkanes of at least 4 members (excludes halogenated alkanes) is 1. The van der Waals surface area contributed by atoms with Crippen LogP contribution in [0.2, 0.25) is 0 Å². The number of hydrogen-bond acceptors (Lipinski definition) is 3. The lowest BCUT2D eigenvalue weighted by Gasteiger charge is -2.06. The first-order chi connectivity index (χ1) is 10.8. The lowest BCUT2D eigenvalue weighted by atomic mass is 10.0. The van der Waals surface area contributed by atoms with E-state index in [-0.39, 0.29) is 0 Å². The second-order valence-corrected chi connectivity index (χ2v) is 6.03. The molecule has 0 aliphatic heterocycles. The van der Waals surface area contributed by atoms with Crippen LogP contribution >= 0.6 is 11.3 Å². The SMILES string of the molecule is CC.CCCCc1cc(-c2nc3ccccc3s2)ccc1N. The third-order valence-electron chi connectivity index (χ3n) is 3.48. The van der Waals surface area contributed by atoms with Gasteiger partial charge < -0.3 is 5.73 Å². The summed E-state index contributed by atoms with van der Waals surface area (Å²) in [6.07, 6.45) is 3.40. The van der Waals surface area contributed by atoms with Crippen molar-refractivity contribution in [2.45, 2.75) is 40.0 Å². The Hall–Kier alpha value is -1.87. The zero-order chi connectivity index (χ0) is 15.9. The molecule has 1 aromatic heterocycles. The van der Waals surface area contributed by atoms with Crippen LogP contribution in [0.1, 0.15) is 39.2 Å². The Labute approximate surface area is 137 Å². The van der Waals surface area contributed by atoms with Gasteiger partial charge in [-0.2, -0.15) is 0 Å². The maximum Gasteiger partial charge on any atom is 0.124 e. The van der Waals surface area contributed by atoms with Crippen LogP contribution in [0.25, 0.3) is 20.8 Å². The van der Waals surface area contributed by atoms with E-state index in [1.165, 1.54) is 28.7 Å². The number of para-hydroxylation sites is 1. The van der Waals surface area contributed by atoms with Crippen LogP contribution in [-0.2, 0) is 6.42 Å². The molecule has 0 saturated carbocycles. The van der Waals surface area contributed by atoms with Gasteiger partial charge in [0.25, 0.3) is 0 Å². The van der Waals surface area contributed by atoms with Crippen LogP contribution in [0.15, 0.2) is 42.5 Å². The molecule has 3 aromatic rings. The van der Waals surface area contributed by atoms with Crippen molar-refractivity contribution in [3.05, 3.63) is 48.0 Å². The second kappa shape index (κ2) is 7.95. The van der Waals surface area contributed by atoms with Gasteiger partial charge in [-0.3, -0.25) is 0 Å². The first kappa shape index (κ1) is 16.5. The third kappa shape index (κ3) is 3.66. The molecule has 116 valence electrons. The summed E-state index contributed by atoms with van der Waals surface area (Å²) in [6, 6.07) is 14.5. The van der Waals surface area contributed by atoms with E-state index in [4.69, 9.17) is 10.7 Å². The summed E-state index contributed by atoms with van der Waals surface area (Å²) in [5.41, 5.74) is 10.4. The highest BCUT2D eigenvalue weighted by molar-refractivity contribution is 7.21. The maximum absolute atomic E-state index is 6.07. The standard InChI is InChI=1S/C17H18N2S.C2H6/c1-2-3-6-12-11-13(9-10-14(12)18)17-19-15-7-4-5-8-16(15)20-17;1-2/h4-5,7-11H,2-3,6,18H2,1H3;1-2H3. The number of anilines is 1. The number of thiazole rings is 1. The summed E-state index contributed by atoms with van der Waals surface area (Å²) in [5.74, 6) is 0. The zero-order valence-electron chi connectivity index (χ0n) is 13.6. The van der Waals surface area contributed by atoms with Crippen LogP contribution in [-0.4, -0.2) is 4.98 Å². The first-order valence-corrected chi connectivity index (χ1v) is 8.84. The minimum absolute atomic E-state index is 0.892. The number of aromatic nitrogens is 1. The molecule has 2 aromatic carbocycles. The van der Waals surface area contributed by atoms with E-state index >= 15 is 0 Å². The summed E-state index contributed by atoms with van der Waals surface area (Å²) in [4.78, 5) is 4.71. The van der Waals surface area contributed by atoms with E-state index in [0.29, 0.717) is 0 Å². The van der Waals surface area contributed by atoms with E-state index in [2.05, 4.69) is 37.3 Å². The fourth-order valence-electron chi connectivity index (χ4n) is 2.32. The van der Waals surface area contributed by atoms with Crippen LogP contribution in [0.4, 0.5) is 5.69 Å². The highest BCUT2D eigenvalue weighted by Crippen LogP contribution is 2.31. The number of nitrogens with zero attached hydrogens (tertiary/aromatic N) is 1. The van der Waals surface area contributed by atoms with Gasteiger partial charge in [0, 0.05) is 11.3 Å². The molecule has 0 atom stereocenters. The normalized spacial score (nSPS) is 10.3. The number of rotatable bonds is 4. The van der Waals surface area contributed by atoms with Crippen LogP contribution in [0.3, 0.4) is 0 Å². The van der Waals surface area contributed by atoms with E-state index < -0.39 is 0 Å². The largest absolute Gasteiger partial charge is 0.399 e. The van der Waals surface area contributed by atoms with Crippen molar-refractivity contribution in [2.24, 2.45) is 0 Å². The van der Waals surface area contributed by atoms with E-state index in [0.717, 1.165) is 22.6 Å². The summed E-state index contributed by atoms with van der Waals surface area (Å²) in [7, 11) is 0. The molecule has 3 rings (SSSR count). The van der Waals surface area contributed by atoms with Gasteiger partial charge in [0.1, 0.15) is 5.01 Å². The van der Waals surface area contributed by atoms with Crippen molar-refractivity contribution in [3.8, 4) is 10.6 Å². The molecule has 0 aliphatic rings. The summed E-state index contributed by atoms with van der Waals surface area (Å²) in [6.45, 7) is 6.20. The molecule has 22 heavy (non-hydrogen) atoms. The van der Waals surface area contributed by atoms with Crippen molar-refractivity contribution >= 4 is 27.2 Å². The molecule has 0 unspecified atom stereocenters. The molecule has 0 bridgehead atoms. The van der Waals surface area contributed by atoms with Gasteiger partial charge in [0.15, 0.2) is 0 Å². The Balaban J connectivity index is 0.000000847. The molecule has 2 nitrogen and oxygen atoms in total. The Morgan fingerprint density at radius 3 is 2.59 bits per heavy atom. The molecule has 1 heterocycles. The molecular weight excluding hydrogens is 288 g/mol. The zero-order valence-corrected chi connectivity index (χ0v) is 14.4. The Morgan fingerprint density at radius 2 is 1.86 bits per heavy atom. The fraction of sp³-hybridized carbons (Fsp3) is 0.316. The predicted molar refractivity (Wildman–Crippen MR) is 99.4 cm³/mol. The molecule has 0 saturated heterocycles. The van der Waals surface area contributed by atoms with Gasteiger partial charge >= 0.3 is 0 Å². The molecule has 0 aliphatic carbocycles. The molecular formula is C19H24N2S. The summed E-state index contributed by atoms with van der Waals surface area (Å²) < 4.78 is 1.23. The highest BCUT2D eigenvalue weighted by atomic mass is 32.1. The van der Waals surface area contributed by atoms with Gasteiger partial charge in [-0.05, 0) is 48.7 Å². The number of aryl methyl sites for hydroxylation is 1. The maximum atomic E-state index is 6.07. The topological polar surface area (TPSA) is 38.9 Å². The Bertz CT molecular complexity index is 698. The van der Waals surface area contributed by atoms with Gasteiger partial charge in [0.05, 0.1) is 10.2 Å². The Morgan fingerprint density at radius 1 is 1.09 bits per heavy atom. The lowest BCUT2D eigenvalue weighted by molar-refractivity contribution is 0.797.